The molecule has 1 aliphatic heterocycles. The molecule has 1 atom stereocenters. The zero-order chi connectivity index (χ0) is 23.1. The Labute approximate surface area is 179 Å². The lowest BCUT2D eigenvalue weighted by molar-refractivity contribution is -0.137. The molecule has 30 heavy (non-hydrogen) atoms. The van der Waals surface area contributed by atoms with E-state index in [9.17, 15) is 18.0 Å². The van der Waals surface area contributed by atoms with Crippen LogP contribution in [-0.2, 0) is 24.4 Å². The molecule has 0 aromatic heterocycles. The summed E-state index contributed by atoms with van der Waals surface area (Å²) >= 11 is 0. The van der Waals surface area contributed by atoms with E-state index in [-0.39, 0.29) is 50.4 Å². The highest BCUT2D eigenvalue weighted by Gasteiger charge is 2.26. The molecule has 0 spiro atoms. The normalized spacial score (nSPS) is 17.6. The van der Waals surface area contributed by atoms with Gasteiger partial charge in [0.25, 0.3) is 5.91 Å². The van der Waals surface area contributed by atoms with Crippen molar-refractivity contribution in [1.82, 2.24) is 14.5 Å². The molecule has 3 N–H and O–H groups in total. The maximum Gasteiger partial charge on any atom is 0.408 e. The Hall–Kier alpha value is -2.08. The highest BCUT2D eigenvalue weighted by atomic mass is 32.2. The summed E-state index contributed by atoms with van der Waals surface area (Å²) in [5.41, 5.74) is 5.32. The lowest BCUT2D eigenvalue weighted by atomic mass is 10.0. The van der Waals surface area contributed by atoms with E-state index in [0.717, 1.165) is 6.26 Å². The number of rotatable bonds is 8. The van der Waals surface area contributed by atoms with Crippen molar-refractivity contribution >= 4 is 27.9 Å². The van der Waals surface area contributed by atoms with Crippen molar-refractivity contribution in [2.45, 2.75) is 52.7 Å². The van der Waals surface area contributed by atoms with E-state index in [2.05, 4.69) is 10.5 Å². The molecule has 1 fully saturated rings. The average molecular weight is 450 g/mol. The zero-order valence-corrected chi connectivity index (χ0v) is 19.5. The molecular weight excluding hydrogens is 414 g/mol. The Balaban J connectivity index is 2.59. The molecule has 2 amide bonds. The number of carbonyl (C=O) groups excluding carboxylic acids is 2. The van der Waals surface area contributed by atoms with Gasteiger partial charge in [-0.05, 0) is 33.1 Å². The van der Waals surface area contributed by atoms with Gasteiger partial charge < -0.3 is 25.5 Å². The van der Waals surface area contributed by atoms with Crippen LogP contribution in [0.25, 0.3) is 0 Å². The first-order chi connectivity index (χ1) is 13.7. The smallest absolute Gasteiger partial charge is 0.408 e. The molecule has 0 aromatic rings. The Bertz CT molecular complexity index is 724. The number of hydrogen-bond acceptors (Lipinski definition) is 7. The Morgan fingerprint density at radius 1 is 1.17 bits per heavy atom. The number of nitrogens with two attached hydrogens (primary N) is 1. The number of alkyl carbamates (subject to hydrolysis) is 1. The van der Waals surface area contributed by atoms with Gasteiger partial charge in [-0.2, -0.15) is 4.31 Å². The van der Waals surface area contributed by atoms with Gasteiger partial charge in [0.1, 0.15) is 5.60 Å². The number of hydrogen-bond donors (Lipinski definition) is 2. The summed E-state index contributed by atoms with van der Waals surface area (Å²) < 4.78 is 29.6. The first-order valence-corrected chi connectivity index (χ1v) is 11.7. The predicted molar refractivity (Wildman–Crippen MR) is 113 cm³/mol. The highest BCUT2D eigenvalue weighted by molar-refractivity contribution is 7.88. The predicted octanol–water partition coefficient (Wildman–Crippen LogP) is 0.318. The molecule has 11 nitrogen and oxygen atoms in total. The standard InChI is InChI=1S/C18H35N5O6S/c1-13(2)11-14(20-17(25)29-18(3,4)5)16(19)21-28-12-15(24)22-7-9-23(10-8-22)30(6,26)27/h13-14H,7-12H2,1-6H3,(H2,19,21)(H,20,25). The Morgan fingerprint density at radius 3 is 2.20 bits per heavy atom. The van der Waals surface area contributed by atoms with Crippen LogP contribution in [0.1, 0.15) is 41.0 Å². The molecule has 1 aliphatic rings. The molecule has 174 valence electrons. The average Bonchev–Trinajstić information content (AvgIpc) is 2.58. The monoisotopic (exact) mass is 449 g/mol. The van der Waals surface area contributed by atoms with Gasteiger partial charge in [-0.3, -0.25) is 4.79 Å². The van der Waals surface area contributed by atoms with Crippen LogP contribution in [0.15, 0.2) is 5.16 Å². The van der Waals surface area contributed by atoms with Crippen molar-refractivity contribution < 1.29 is 27.6 Å². The van der Waals surface area contributed by atoms with Gasteiger partial charge in [-0.1, -0.05) is 19.0 Å². The van der Waals surface area contributed by atoms with Gasteiger partial charge in [-0.25, -0.2) is 13.2 Å². The van der Waals surface area contributed by atoms with Crippen LogP contribution in [0.3, 0.4) is 0 Å². The molecule has 0 aliphatic carbocycles. The minimum atomic E-state index is -3.26. The van der Waals surface area contributed by atoms with Crippen molar-refractivity contribution in [3.8, 4) is 0 Å². The number of ether oxygens (including phenoxy) is 1. The Kier molecular flexibility index (Phi) is 9.35. The van der Waals surface area contributed by atoms with Crippen molar-refractivity contribution in [3.05, 3.63) is 0 Å². The van der Waals surface area contributed by atoms with Crippen LogP contribution in [0, 0.1) is 5.92 Å². The molecule has 1 unspecified atom stereocenters. The second-order valence-corrected chi connectivity index (χ2v) is 10.6. The second-order valence-electron chi connectivity index (χ2n) is 8.66. The lowest BCUT2D eigenvalue weighted by Crippen LogP contribution is -2.51. The topological polar surface area (TPSA) is 144 Å². The molecule has 0 radical (unpaired) electrons. The van der Waals surface area contributed by atoms with E-state index in [4.69, 9.17) is 15.3 Å². The summed E-state index contributed by atoms with van der Waals surface area (Å²) in [6, 6.07) is -0.603. The van der Waals surface area contributed by atoms with Crippen LogP contribution < -0.4 is 11.1 Å². The fraction of sp³-hybridized carbons (Fsp3) is 0.833. The van der Waals surface area contributed by atoms with Crippen molar-refractivity contribution in [2.24, 2.45) is 16.8 Å². The molecule has 0 saturated carbocycles. The lowest BCUT2D eigenvalue weighted by Gasteiger charge is -2.32. The number of carbonyl (C=O) groups is 2. The summed E-state index contributed by atoms with van der Waals surface area (Å²) in [4.78, 5) is 30.9. The molecule has 0 bridgehead atoms. The van der Waals surface area contributed by atoms with E-state index < -0.39 is 27.8 Å². The van der Waals surface area contributed by atoms with Crippen molar-refractivity contribution in [2.75, 3.05) is 39.0 Å². The van der Waals surface area contributed by atoms with Gasteiger partial charge in [0.15, 0.2) is 12.4 Å². The van der Waals surface area contributed by atoms with Crippen LogP contribution >= 0.6 is 0 Å². The summed E-state index contributed by atoms with van der Waals surface area (Å²) in [6.07, 6.45) is 1.04. The van der Waals surface area contributed by atoms with Crippen molar-refractivity contribution in [3.63, 3.8) is 0 Å². The number of oxime groups is 1. The van der Waals surface area contributed by atoms with Crippen LogP contribution in [0.2, 0.25) is 0 Å². The molecule has 0 aromatic carbocycles. The number of amides is 2. The largest absolute Gasteiger partial charge is 0.444 e. The van der Waals surface area contributed by atoms with Gasteiger partial charge in [-0.15, -0.1) is 0 Å². The quantitative estimate of drug-likeness (QED) is 0.308. The fourth-order valence-electron chi connectivity index (χ4n) is 2.76. The highest BCUT2D eigenvalue weighted by Crippen LogP contribution is 2.10. The zero-order valence-electron chi connectivity index (χ0n) is 18.7. The molecule has 12 heteroatoms. The fourth-order valence-corrected chi connectivity index (χ4v) is 3.59. The number of amidine groups is 1. The first-order valence-electron chi connectivity index (χ1n) is 9.86. The van der Waals surface area contributed by atoms with Gasteiger partial charge >= 0.3 is 6.09 Å². The summed E-state index contributed by atoms with van der Waals surface area (Å²) in [7, 11) is -3.26. The minimum absolute atomic E-state index is 0.0317. The number of sulfonamides is 1. The van der Waals surface area contributed by atoms with Crippen molar-refractivity contribution in [1.29, 1.82) is 0 Å². The molecule has 1 heterocycles. The van der Waals surface area contributed by atoms with Crippen LogP contribution in [0.5, 0.6) is 0 Å². The summed E-state index contributed by atoms with van der Waals surface area (Å²) in [5.74, 6) is -0.0732. The Morgan fingerprint density at radius 2 is 1.73 bits per heavy atom. The maximum absolute atomic E-state index is 12.3. The third-order valence-electron chi connectivity index (χ3n) is 4.17. The third-order valence-corrected chi connectivity index (χ3v) is 5.48. The van der Waals surface area contributed by atoms with E-state index in [1.807, 2.05) is 13.8 Å². The summed E-state index contributed by atoms with van der Waals surface area (Å²) in [6.45, 7) is 9.92. The van der Waals surface area contributed by atoms with Crippen LogP contribution in [-0.4, -0.2) is 86.1 Å². The van der Waals surface area contributed by atoms with E-state index in [0.29, 0.717) is 6.42 Å². The summed E-state index contributed by atoms with van der Waals surface area (Å²) in [5, 5.41) is 6.46. The molecule has 1 rings (SSSR count). The first kappa shape index (κ1) is 26.0. The number of nitrogens with one attached hydrogen (secondary N) is 1. The second kappa shape index (κ2) is 10.8. The van der Waals surface area contributed by atoms with Crippen LogP contribution in [0.4, 0.5) is 4.79 Å². The molecule has 1 saturated heterocycles. The number of piperazine rings is 1. The van der Waals surface area contributed by atoms with E-state index in [1.54, 1.807) is 20.8 Å². The third kappa shape index (κ3) is 9.61. The molecular formula is C18H35N5O6S. The number of nitrogens with zero attached hydrogens (tertiary/aromatic N) is 3. The maximum atomic E-state index is 12.3. The minimum Gasteiger partial charge on any atom is -0.444 e. The van der Waals surface area contributed by atoms with Gasteiger partial charge in [0, 0.05) is 26.2 Å². The van der Waals surface area contributed by atoms with E-state index >= 15 is 0 Å². The van der Waals surface area contributed by atoms with E-state index in [1.165, 1.54) is 9.21 Å². The van der Waals surface area contributed by atoms with Gasteiger partial charge in [0.05, 0.1) is 12.3 Å². The van der Waals surface area contributed by atoms with Gasteiger partial charge in [0.2, 0.25) is 10.0 Å². The SMILES string of the molecule is CC(C)CC(NC(=O)OC(C)(C)C)/C(N)=N/OCC(=O)N1CCN(S(C)(=O)=O)CC1.